The number of aliphatic carboxylic acids is 1. The van der Waals surface area contributed by atoms with Crippen molar-refractivity contribution in [3.63, 3.8) is 0 Å². The fourth-order valence-corrected chi connectivity index (χ4v) is 0. The minimum atomic E-state index is -0.856. The molecule has 0 aromatic carbocycles. The molecule has 33 valence electrons. The van der Waals surface area contributed by atoms with Crippen LogP contribution in [0.25, 0.3) is 0 Å². The molecule has 0 atom stereocenters. The molecule has 0 heterocycles. The van der Waals surface area contributed by atoms with Crippen LogP contribution < -0.4 is 0 Å². The molecular weight excluding hydrogens is 108 g/mol. The van der Waals surface area contributed by atoms with Gasteiger partial charge in [-0.25, -0.2) is 0 Å². The summed E-state index contributed by atoms with van der Waals surface area (Å²) in [5.41, 5.74) is 0. The quantitative estimate of drug-likeness (QED) is 0.462. The number of carboxylic acids is 1. The molecule has 0 unspecified atom stereocenters. The van der Waals surface area contributed by atoms with Crippen LogP contribution in [-0.2, 0) is 4.79 Å². The SMILES string of the molecule is [CH2]CC(=O)O.[CaH2]. The van der Waals surface area contributed by atoms with Crippen LogP contribution in [0.1, 0.15) is 6.42 Å². The molecule has 0 rings (SSSR count). The van der Waals surface area contributed by atoms with Crippen molar-refractivity contribution in [2.45, 2.75) is 6.42 Å². The van der Waals surface area contributed by atoms with E-state index in [0.717, 1.165) is 0 Å². The van der Waals surface area contributed by atoms with E-state index in [4.69, 9.17) is 5.11 Å². The van der Waals surface area contributed by atoms with Crippen LogP contribution in [-0.4, -0.2) is 48.8 Å². The van der Waals surface area contributed by atoms with E-state index in [1.807, 2.05) is 0 Å². The summed E-state index contributed by atoms with van der Waals surface area (Å²) in [6.07, 6.45) is -0.0278. The molecule has 0 spiro atoms. The molecule has 0 aliphatic heterocycles. The molecule has 0 aromatic heterocycles. The van der Waals surface area contributed by atoms with Gasteiger partial charge in [0.05, 0.1) is 0 Å². The summed E-state index contributed by atoms with van der Waals surface area (Å²) in [6, 6.07) is 0. The van der Waals surface area contributed by atoms with Gasteiger partial charge in [-0.2, -0.15) is 0 Å². The van der Waals surface area contributed by atoms with Gasteiger partial charge in [0.15, 0.2) is 0 Å². The van der Waals surface area contributed by atoms with Crippen LogP contribution in [0.2, 0.25) is 0 Å². The van der Waals surface area contributed by atoms with Crippen LogP contribution in [0, 0.1) is 6.92 Å². The number of carboxylic acid groups (broad SMARTS) is 1. The van der Waals surface area contributed by atoms with Gasteiger partial charge in [-0.3, -0.25) is 4.79 Å². The maximum absolute atomic E-state index is 9.31. The molecule has 0 aromatic rings. The second kappa shape index (κ2) is 5.73. The molecule has 6 heavy (non-hydrogen) atoms. The van der Waals surface area contributed by atoms with Gasteiger partial charge in [0.25, 0.3) is 0 Å². The zero-order valence-corrected chi connectivity index (χ0v) is 2.77. The summed E-state index contributed by atoms with van der Waals surface area (Å²) in [6.45, 7) is 3.09. The van der Waals surface area contributed by atoms with Gasteiger partial charge in [-0.1, -0.05) is 0 Å². The average Bonchev–Trinajstić information content (AvgIpc) is 1.38. The van der Waals surface area contributed by atoms with E-state index in [-0.39, 0.29) is 44.2 Å². The number of carbonyl (C=O) groups is 1. The third-order valence-electron chi connectivity index (χ3n) is 0.214. The topological polar surface area (TPSA) is 37.3 Å². The van der Waals surface area contributed by atoms with Crippen molar-refractivity contribution >= 4 is 43.7 Å². The zero-order chi connectivity index (χ0) is 4.28. The predicted octanol–water partition coefficient (Wildman–Crippen LogP) is -0.621. The first-order valence-corrected chi connectivity index (χ1v) is 1.28. The first-order chi connectivity index (χ1) is 2.27. The first-order valence-electron chi connectivity index (χ1n) is 1.28. The van der Waals surface area contributed by atoms with Crippen LogP contribution in [0.3, 0.4) is 0 Å². The van der Waals surface area contributed by atoms with Crippen LogP contribution in [0.4, 0.5) is 0 Å². The van der Waals surface area contributed by atoms with Crippen LogP contribution in [0.5, 0.6) is 0 Å². The second-order valence-electron chi connectivity index (χ2n) is 0.644. The number of rotatable bonds is 1. The summed E-state index contributed by atoms with van der Waals surface area (Å²) >= 11 is 0. The van der Waals surface area contributed by atoms with E-state index < -0.39 is 5.97 Å². The minimum absolute atomic E-state index is 0. The van der Waals surface area contributed by atoms with Crippen LogP contribution in [0.15, 0.2) is 0 Å². The maximum atomic E-state index is 9.31. The number of hydrogen-bond acceptors (Lipinski definition) is 1. The Kier molecular flexibility index (Phi) is 9.43. The van der Waals surface area contributed by atoms with E-state index >= 15 is 0 Å². The average molecular weight is 115 g/mol. The van der Waals surface area contributed by atoms with E-state index in [2.05, 4.69) is 6.92 Å². The summed E-state index contributed by atoms with van der Waals surface area (Å²) in [5.74, 6) is -0.856. The van der Waals surface area contributed by atoms with Gasteiger partial charge in [0.1, 0.15) is 0 Å². The Morgan fingerprint density at radius 3 is 2.00 bits per heavy atom. The summed E-state index contributed by atoms with van der Waals surface area (Å²) in [7, 11) is 0. The molecule has 0 fully saturated rings. The first kappa shape index (κ1) is 9.88. The van der Waals surface area contributed by atoms with Crippen molar-refractivity contribution in [1.29, 1.82) is 0 Å². The molecule has 0 amide bonds. The van der Waals surface area contributed by atoms with E-state index in [9.17, 15) is 4.79 Å². The molecule has 0 saturated heterocycles. The summed E-state index contributed by atoms with van der Waals surface area (Å²) in [5, 5.41) is 7.66. The third-order valence-corrected chi connectivity index (χ3v) is 0.214. The fourth-order valence-electron chi connectivity index (χ4n) is 0. The molecule has 0 aliphatic rings. The van der Waals surface area contributed by atoms with E-state index in [0.29, 0.717) is 0 Å². The van der Waals surface area contributed by atoms with Gasteiger partial charge in [-0.05, 0) is 6.92 Å². The third kappa shape index (κ3) is 8.83. The molecule has 0 aliphatic carbocycles. The molecule has 0 bridgehead atoms. The standard InChI is InChI=1S/C3H5O2.Ca.2H/c1-2-3(4)5;;;/h1-2H2,(H,4,5);;;. The van der Waals surface area contributed by atoms with Gasteiger partial charge < -0.3 is 5.11 Å². The molecule has 2 nitrogen and oxygen atoms in total. The monoisotopic (exact) mass is 115 g/mol. The molecular formula is C3H7CaO2. The molecule has 0 saturated carbocycles. The Morgan fingerprint density at radius 2 is 2.00 bits per heavy atom. The van der Waals surface area contributed by atoms with Crippen molar-refractivity contribution in [2.75, 3.05) is 0 Å². The Labute approximate surface area is 66.5 Å². The van der Waals surface area contributed by atoms with Crippen molar-refractivity contribution in [2.24, 2.45) is 0 Å². The Morgan fingerprint density at radius 1 is 1.83 bits per heavy atom. The van der Waals surface area contributed by atoms with Gasteiger partial charge in [-0.15, -0.1) is 0 Å². The number of hydrogen-bond donors (Lipinski definition) is 1. The van der Waals surface area contributed by atoms with Crippen molar-refractivity contribution in [3.05, 3.63) is 6.92 Å². The van der Waals surface area contributed by atoms with Crippen LogP contribution >= 0.6 is 0 Å². The zero-order valence-electron chi connectivity index (χ0n) is 2.77. The summed E-state index contributed by atoms with van der Waals surface area (Å²) in [4.78, 5) is 9.31. The van der Waals surface area contributed by atoms with Crippen molar-refractivity contribution < 1.29 is 9.90 Å². The molecule has 1 radical (unpaired) electrons. The second-order valence-corrected chi connectivity index (χ2v) is 0.644. The Hall–Kier alpha value is 0.730. The molecule has 1 N–H and O–H groups in total. The predicted molar refractivity (Wildman–Crippen MR) is 26.2 cm³/mol. The van der Waals surface area contributed by atoms with E-state index in [1.165, 1.54) is 0 Å². The fraction of sp³-hybridized carbons (Fsp3) is 0.333. The Bertz CT molecular complexity index is 44.1. The van der Waals surface area contributed by atoms with Gasteiger partial charge in [0, 0.05) is 6.42 Å². The van der Waals surface area contributed by atoms with E-state index in [1.54, 1.807) is 0 Å². The van der Waals surface area contributed by atoms with Gasteiger partial charge in [0.2, 0.25) is 0 Å². The van der Waals surface area contributed by atoms with Crippen molar-refractivity contribution in [3.8, 4) is 0 Å². The normalized spacial score (nSPS) is 6.17. The van der Waals surface area contributed by atoms with Gasteiger partial charge >= 0.3 is 43.7 Å². The Balaban J connectivity index is 0. The van der Waals surface area contributed by atoms with Crippen molar-refractivity contribution in [1.82, 2.24) is 0 Å². The molecule has 3 heteroatoms. The summed E-state index contributed by atoms with van der Waals surface area (Å²) < 4.78 is 0.